The maximum atomic E-state index is 6.92. The van der Waals surface area contributed by atoms with Gasteiger partial charge in [-0.2, -0.15) is 0 Å². The van der Waals surface area contributed by atoms with E-state index in [9.17, 15) is 0 Å². The van der Waals surface area contributed by atoms with Crippen molar-refractivity contribution in [1.29, 1.82) is 0 Å². The number of rotatable bonds is 12. The van der Waals surface area contributed by atoms with Crippen molar-refractivity contribution in [2.75, 3.05) is 19.6 Å². The van der Waals surface area contributed by atoms with Crippen LogP contribution in [-0.4, -0.2) is 0 Å². The van der Waals surface area contributed by atoms with Gasteiger partial charge < -0.3 is 50.5 Å². The number of hydrogen-bond donors (Lipinski definition) is 0. The molecule has 0 unspecified atom stereocenters. The molecule has 0 radical (unpaired) electrons. The van der Waals surface area contributed by atoms with Crippen LogP contribution in [0, 0.1) is 0 Å². The molecule has 11 nitrogen and oxygen atoms in total. The Morgan fingerprint density at radius 1 is 0.146 bits per heavy atom. The van der Waals surface area contributed by atoms with Crippen molar-refractivity contribution in [1.82, 2.24) is 0 Å². The molecule has 0 amide bonds. The molecular formula is C126H86N4O7. The average Bonchev–Trinajstić information content (AvgIpc) is 1.59. The van der Waals surface area contributed by atoms with Crippen LogP contribution >= 0.6 is 0 Å². The normalized spacial score (nSPS) is 12.3. The Morgan fingerprint density at radius 3 is 0.737 bits per heavy atom. The quantitative estimate of drug-likeness (QED) is 0.117. The lowest BCUT2D eigenvalue weighted by atomic mass is 9.86. The predicted molar refractivity (Wildman–Crippen MR) is 570 cm³/mol. The Morgan fingerprint density at radius 2 is 0.394 bits per heavy atom. The monoisotopic (exact) mass is 1770 g/mol. The van der Waals surface area contributed by atoms with Crippen molar-refractivity contribution in [3.63, 3.8) is 0 Å². The Labute approximate surface area is 786 Å². The summed E-state index contributed by atoms with van der Waals surface area (Å²) in [5.74, 6) is 0. The summed E-state index contributed by atoms with van der Waals surface area (Å²) in [6, 6.07) is 146. The minimum absolute atomic E-state index is 0.0787. The third-order valence-electron chi connectivity index (χ3n) is 27.7. The second kappa shape index (κ2) is 30.5. The van der Waals surface area contributed by atoms with E-state index in [2.05, 4.69) is 449 Å². The summed E-state index contributed by atoms with van der Waals surface area (Å²) < 4.78 is 46.8. The van der Waals surface area contributed by atoms with Crippen LogP contribution in [0.3, 0.4) is 0 Å². The van der Waals surface area contributed by atoms with Crippen molar-refractivity contribution < 1.29 is 30.9 Å². The molecular weight excluding hydrogens is 1680 g/mol. The Kier molecular flexibility index (Phi) is 17.6. The summed E-state index contributed by atoms with van der Waals surface area (Å²) in [5, 5.41) is 24.1. The SMILES string of the molecule is CC(C)(C)c1cccc2c1oc1c(N(c3ccccc3)c3ccc4cc5c(cc4c3)oc3cc4c(cc35)oc3cc5cc(N(c6ccccc6)c6cccc7c6oc6c(C(C)(C)C)cccc67)ccc5cc34)cccc12.c1ccc(N(c2ccc3cc4c(cc3c2)oc2cc3cc(N(c5ccccc5)c5ccc6c(c5)oc5ccccc56)ccc3cc24)c2ccc3c(c2)oc2ccccc23)cc1. The van der Waals surface area contributed by atoms with E-state index in [4.69, 9.17) is 30.9 Å². The van der Waals surface area contributed by atoms with E-state index in [1.54, 1.807) is 0 Å². The molecule has 7 heterocycles. The number of fused-ring (bicyclic) bond motifs is 25. The van der Waals surface area contributed by atoms with E-state index in [0.717, 1.165) is 265 Å². The molecule has 0 bridgehead atoms. The number of benzene rings is 21. The third kappa shape index (κ3) is 13.1. The van der Waals surface area contributed by atoms with Gasteiger partial charge in [0.2, 0.25) is 0 Å². The molecule has 0 aliphatic carbocycles. The fraction of sp³-hybridized carbons (Fsp3) is 0.0635. The minimum atomic E-state index is -0.0787. The molecule has 28 rings (SSSR count). The van der Waals surface area contributed by atoms with Crippen molar-refractivity contribution >= 4 is 265 Å². The van der Waals surface area contributed by atoms with Crippen molar-refractivity contribution in [2.24, 2.45) is 0 Å². The molecule has 0 aliphatic rings. The lowest BCUT2D eigenvalue weighted by Crippen LogP contribution is -2.11. The second-order valence-corrected chi connectivity index (χ2v) is 38.3. The summed E-state index contributed by atoms with van der Waals surface area (Å²) >= 11 is 0. The highest BCUT2D eigenvalue weighted by molar-refractivity contribution is 6.21. The molecule has 0 atom stereocenters. The summed E-state index contributed by atoms with van der Waals surface area (Å²) in [6.45, 7) is 13.4. The van der Waals surface area contributed by atoms with Crippen molar-refractivity contribution in [3.8, 4) is 0 Å². The molecule has 11 heteroatoms. The molecule has 0 N–H and O–H groups in total. The highest BCUT2D eigenvalue weighted by Gasteiger charge is 2.30. The van der Waals surface area contributed by atoms with E-state index >= 15 is 0 Å². The van der Waals surface area contributed by atoms with Gasteiger partial charge in [-0.3, -0.25) is 0 Å². The smallest absolute Gasteiger partial charge is 0.159 e. The van der Waals surface area contributed by atoms with Gasteiger partial charge in [0.05, 0.1) is 11.4 Å². The zero-order valence-corrected chi connectivity index (χ0v) is 75.9. The zero-order valence-electron chi connectivity index (χ0n) is 75.9. The predicted octanol–water partition coefficient (Wildman–Crippen LogP) is 37.8. The lowest BCUT2D eigenvalue weighted by molar-refractivity contribution is 0.572. The summed E-state index contributed by atoms with van der Waals surface area (Å²) in [5.41, 5.74) is 26.7. The molecule has 652 valence electrons. The van der Waals surface area contributed by atoms with E-state index in [-0.39, 0.29) is 10.8 Å². The number of nitrogens with zero attached hydrogens (tertiary/aromatic N) is 4. The molecule has 0 saturated carbocycles. The first-order valence-electron chi connectivity index (χ1n) is 46.8. The zero-order chi connectivity index (χ0) is 91.2. The molecule has 7 aromatic heterocycles. The largest absolute Gasteiger partial charge is 0.456 e. The van der Waals surface area contributed by atoms with Gasteiger partial charge in [0.15, 0.2) is 11.2 Å². The topological polar surface area (TPSA) is 105 Å². The summed E-state index contributed by atoms with van der Waals surface area (Å²) in [6.07, 6.45) is 0. The highest BCUT2D eigenvalue weighted by atomic mass is 16.4. The van der Waals surface area contributed by atoms with Gasteiger partial charge in [-0.1, -0.05) is 236 Å². The fourth-order valence-electron chi connectivity index (χ4n) is 21.2. The minimum Gasteiger partial charge on any atom is -0.456 e. The molecule has 0 aliphatic heterocycles. The van der Waals surface area contributed by atoms with Gasteiger partial charge in [-0.15, -0.1) is 0 Å². The highest BCUT2D eigenvalue weighted by Crippen LogP contribution is 2.52. The van der Waals surface area contributed by atoms with Crippen LogP contribution in [0.25, 0.3) is 197 Å². The maximum absolute atomic E-state index is 6.92. The number of para-hydroxylation sites is 10. The summed E-state index contributed by atoms with van der Waals surface area (Å²) in [4.78, 5) is 9.18. The van der Waals surface area contributed by atoms with E-state index in [1.807, 2.05) is 24.3 Å². The molecule has 0 spiro atoms. The van der Waals surface area contributed by atoms with Crippen LogP contribution in [0.1, 0.15) is 52.7 Å². The van der Waals surface area contributed by atoms with Crippen molar-refractivity contribution in [3.05, 3.63) is 424 Å². The molecule has 21 aromatic carbocycles. The van der Waals surface area contributed by atoms with Crippen LogP contribution in [0.2, 0.25) is 0 Å². The summed E-state index contributed by atoms with van der Waals surface area (Å²) in [7, 11) is 0. The lowest BCUT2D eigenvalue weighted by Gasteiger charge is -2.25. The van der Waals surface area contributed by atoms with Crippen LogP contribution in [0.5, 0.6) is 0 Å². The van der Waals surface area contributed by atoms with Gasteiger partial charge in [-0.25, -0.2) is 0 Å². The fourth-order valence-corrected chi connectivity index (χ4v) is 21.2. The van der Waals surface area contributed by atoms with E-state index in [0.29, 0.717) is 0 Å². The standard InChI is InChI=1S/C70H52N2O4.C56H34N2O3/c1-69(2,3)57-25-13-21-49-51-23-15-27-59(67(51)75-65(49)57)71(45-17-9-7-10-18-45)47-31-29-41-35-53-55-39-64-56(40-63(55)73-61(53)37-43(41)33-47)54-36-42-30-32-48(34-44(42)38-62(54)74-64)72(46-19-11-8-12-20-46)60-28-16-24-52-50-22-14-26-58(70(4,5)6)66(50)76-68(52)60;1-3-11-39(12-4-1)57(43-23-25-47-45-15-7-9-17-51(45)59-55(47)33-43)41-21-19-35-29-49-50-30-36-20-22-42(28-38(36)32-54(50)61-53(49)31-37(35)27-41)58(40-13-5-2-6-14-40)44-24-26-48-46-16-8-10-18-52(46)60-56(48)34-44/h7-40H,1-6H3;1-34H. The first-order valence-corrected chi connectivity index (χ1v) is 46.8. The van der Waals surface area contributed by atoms with E-state index < -0.39 is 0 Å². The Hall–Kier alpha value is -17.5. The Balaban J connectivity index is 0.000000142. The Bertz CT molecular complexity index is 9250. The van der Waals surface area contributed by atoms with Gasteiger partial charge in [0.1, 0.15) is 67.0 Å². The first-order chi connectivity index (χ1) is 67.1. The van der Waals surface area contributed by atoms with Crippen LogP contribution in [-0.2, 0) is 10.8 Å². The molecule has 137 heavy (non-hydrogen) atoms. The number of furan rings is 7. The average molecular weight is 1770 g/mol. The van der Waals surface area contributed by atoms with Crippen LogP contribution in [0.4, 0.5) is 68.2 Å². The maximum Gasteiger partial charge on any atom is 0.159 e. The van der Waals surface area contributed by atoms with Gasteiger partial charge in [0.25, 0.3) is 0 Å². The van der Waals surface area contributed by atoms with Gasteiger partial charge in [-0.05, 0) is 260 Å². The van der Waals surface area contributed by atoms with Crippen LogP contribution in [0.15, 0.2) is 443 Å². The van der Waals surface area contributed by atoms with E-state index in [1.165, 1.54) is 11.1 Å². The number of hydrogen-bond acceptors (Lipinski definition) is 11. The van der Waals surface area contributed by atoms with Crippen LogP contribution < -0.4 is 19.6 Å². The first kappa shape index (κ1) is 79.2. The molecule has 0 fully saturated rings. The van der Waals surface area contributed by atoms with Crippen molar-refractivity contribution in [2.45, 2.75) is 52.4 Å². The van der Waals surface area contributed by atoms with Gasteiger partial charge >= 0.3 is 0 Å². The third-order valence-corrected chi connectivity index (χ3v) is 27.7. The molecule has 0 saturated heterocycles. The number of anilines is 12. The second-order valence-electron chi connectivity index (χ2n) is 38.3. The van der Waals surface area contributed by atoms with Gasteiger partial charge in [0, 0.05) is 156 Å². The molecule has 28 aromatic rings.